The van der Waals surface area contributed by atoms with E-state index >= 15 is 0 Å². The highest BCUT2D eigenvalue weighted by atomic mass is 16.5. The molecule has 1 aliphatic heterocycles. The summed E-state index contributed by atoms with van der Waals surface area (Å²) in [7, 11) is 0. The van der Waals surface area contributed by atoms with Crippen molar-refractivity contribution in [2.75, 3.05) is 6.61 Å². The Bertz CT molecular complexity index is 365. The first-order valence-electron chi connectivity index (χ1n) is 5.89. The van der Waals surface area contributed by atoms with Crippen molar-refractivity contribution in [3.8, 4) is 0 Å². The zero-order valence-electron chi connectivity index (χ0n) is 9.90. The maximum absolute atomic E-state index is 11.0. The Kier molecular flexibility index (Phi) is 3.28. The van der Waals surface area contributed by atoms with Crippen LogP contribution in [0.5, 0.6) is 0 Å². The van der Waals surface area contributed by atoms with Crippen molar-refractivity contribution < 1.29 is 9.53 Å². The first kappa shape index (κ1) is 11.2. The number of hydrogen-bond acceptors (Lipinski definition) is 2. The van der Waals surface area contributed by atoms with Gasteiger partial charge in [0.15, 0.2) is 0 Å². The highest BCUT2D eigenvalue weighted by molar-refractivity contribution is 5.71. The van der Waals surface area contributed by atoms with E-state index in [1.165, 1.54) is 11.1 Å². The minimum atomic E-state index is -0.0520. The van der Waals surface area contributed by atoms with Gasteiger partial charge in [-0.1, -0.05) is 38.1 Å². The van der Waals surface area contributed by atoms with Crippen LogP contribution in [0.3, 0.4) is 0 Å². The molecule has 1 aromatic carbocycles. The highest BCUT2D eigenvalue weighted by Gasteiger charge is 2.23. The summed E-state index contributed by atoms with van der Waals surface area (Å²) in [5.41, 5.74) is 2.66. The summed E-state index contributed by atoms with van der Waals surface area (Å²) in [6.07, 6.45) is 1.52. The number of benzene rings is 1. The van der Waals surface area contributed by atoms with E-state index in [9.17, 15) is 4.79 Å². The predicted molar refractivity (Wildman–Crippen MR) is 63.3 cm³/mol. The van der Waals surface area contributed by atoms with Crippen molar-refractivity contribution in [1.82, 2.24) is 0 Å². The minimum Gasteiger partial charge on any atom is -0.465 e. The molecule has 2 rings (SSSR count). The van der Waals surface area contributed by atoms with Gasteiger partial charge in [-0.3, -0.25) is 4.79 Å². The molecule has 1 aromatic rings. The molecule has 0 spiro atoms. The highest BCUT2D eigenvalue weighted by Crippen LogP contribution is 2.21. The van der Waals surface area contributed by atoms with Crippen molar-refractivity contribution >= 4 is 5.97 Å². The Morgan fingerprint density at radius 2 is 2.00 bits per heavy atom. The van der Waals surface area contributed by atoms with Crippen molar-refractivity contribution in [2.24, 2.45) is 5.92 Å². The molecule has 1 heterocycles. The van der Waals surface area contributed by atoms with Crippen LogP contribution in [0.25, 0.3) is 0 Å². The fraction of sp³-hybridized carbons (Fsp3) is 0.500. The van der Waals surface area contributed by atoms with Crippen LogP contribution in [0.15, 0.2) is 24.3 Å². The van der Waals surface area contributed by atoms with Gasteiger partial charge in [0.2, 0.25) is 0 Å². The third-order valence-electron chi connectivity index (χ3n) is 3.11. The zero-order valence-corrected chi connectivity index (χ0v) is 9.90. The standard InChI is InChI=1S/C14H18O2/c1-10(2)13-5-3-11(4-6-13)7-12-8-14(15)16-9-12/h3-6,10,12H,7-9H2,1-2H3/t12-/m1/s1. The summed E-state index contributed by atoms with van der Waals surface area (Å²) in [6, 6.07) is 8.69. The van der Waals surface area contributed by atoms with Gasteiger partial charge in [0, 0.05) is 5.92 Å². The molecule has 1 atom stereocenters. The van der Waals surface area contributed by atoms with Crippen LogP contribution in [0.1, 0.15) is 37.3 Å². The summed E-state index contributed by atoms with van der Waals surface area (Å²) >= 11 is 0. The molecule has 0 saturated carbocycles. The second-order valence-corrected chi connectivity index (χ2v) is 4.85. The third kappa shape index (κ3) is 2.63. The number of ether oxygens (including phenoxy) is 1. The van der Waals surface area contributed by atoms with E-state index < -0.39 is 0 Å². The van der Waals surface area contributed by atoms with Gasteiger partial charge < -0.3 is 4.74 Å². The molecular formula is C14H18O2. The molecule has 86 valence electrons. The first-order chi connectivity index (χ1) is 7.65. The van der Waals surface area contributed by atoms with E-state index in [1.807, 2.05) is 0 Å². The van der Waals surface area contributed by atoms with E-state index in [2.05, 4.69) is 38.1 Å². The fourth-order valence-electron chi connectivity index (χ4n) is 2.07. The molecule has 0 amide bonds. The van der Waals surface area contributed by atoms with E-state index in [4.69, 9.17) is 4.74 Å². The van der Waals surface area contributed by atoms with Crippen molar-refractivity contribution in [3.05, 3.63) is 35.4 Å². The van der Waals surface area contributed by atoms with Crippen LogP contribution in [-0.4, -0.2) is 12.6 Å². The molecule has 2 heteroatoms. The van der Waals surface area contributed by atoms with Gasteiger partial charge >= 0.3 is 5.97 Å². The molecule has 0 radical (unpaired) electrons. The van der Waals surface area contributed by atoms with Crippen molar-refractivity contribution in [1.29, 1.82) is 0 Å². The quantitative estimate of drug-likeness (QED) is 0.729. The SMILES string of the molecule is CC(C)c1ccc(C[C@H]2COC(=O)C2)cc1. The molecule has 2 nitrogen and oxygen atoms in total. The maximum Gasteiger partial charge on any atom is 0.306 e. The molecule has 16 heavy (non-hydrogen) atoms. The molecule has 1 aliphatic rings. The zero-order chi connectivity index (χ0) is 11.5. The summed E-state index contributed by atoms with van der Waals surface area (Å²) < 4.78 is 4.96. The lowest BCUT2D eigenvalue weighted by Crippen LogP contribution is -2.03. The van der Waals surface area contributed by atoms with Gasteiger partial charge in [-0.05, 0) is 23.5 Å². The summed E-state index contributed by atoms with van der Waals surface area (Å²) in [5, 5.41) is 0. The molecule has 0 aromatic heterocycles. The lowest BCUT2D eigenvalue weighted by atomic mass is 9.96. The topological polar surface area (TPSA) is 26.3 Å². The average molecular weight is 218 g/mol. The van der Waals surface area contributed by atoms with Crippen LogP contribution in [0.4, 0.5) is 0 Å². The van der Waals surface area contributed by atoms with Gasteiger partial charge in [0.25, 0.3) is 0 Å². The van der Waals surface area contributed by atoms with Gasteiger partial charge in [-0.25, -0.2) is 0 Å². The number of esters is 1. The number of hydrogen-bond donors (Lipinski definition) is 0. The number of rotatable bonds is 3. The Hall–Kier alpha value is -1.31. The van der Waals surface area contributed by atoms with Crippen LogP contribution >= 0.6 is 0 Å². The van der Waals surface area contributed by atoms with Crippen LogP contribution in [0.2, 0.25) is 0 Å². The Morgan fingerprint density at radius 3 is 2.50 bits per heavy atom. The van der Waals surface area contributed by atoms with E-state index in [0.29, 0.717) is 24.9 Å². The second-order valence-electron chi connectivity index (χ2n) is 4.85. The maximum atomic E-state index is 11.0. The van der Waals surface area contributed by atoms with Gasteiger partial charge in [0.1, 0.15) is 0 Å². The monoisotopic (exact) mass is 218 g/mol. The van der Waals surface area contributed by atoms with Gasteiger partial charge in [-0.15, -0.1) is 0 Å². The second kappa shape index (κ2) is 4.69. The lowest BCUT2D eigenvalue weighted by Gasteiger charge is -2.09. The molecule has 0 N–H and O–H groups in total. The fourth-order valence-corrected chi connectivity index (χ4v) is 2.07. The summed E-state index contributed by atoms with van der Waals surface area (Å²) in [5.74, 6) is 0.895. The Balaban J connectivity index is 1.97. The largest absolute Gasteiger partial charge is 0.465 e. The lowest BCUT2D eigenvalue weighted by molar-refractivity contribution is -0.137. The molecular weight excluding hydrogens is 200 g/mol. The van der Waals surface area contributed by atoms with Gasteiger partial charge in [0.05, 0.1) is 13.0 Å². The van der Waals surface area contributed by atoms with Crippen LogP contribution in [-0.2, 0) is 16.0 Å². The predicted octanol–water partition coefficient (Wildman–Crippen LogP) is 2.92. The minimum absolute atomic E-state index is 0.0520. The summed E-state index contributed by atoms with van der Waals surface area (Å²) in [4.78, 5) is 11.0. The molecule has 1 fully saturated rings. The van der Waals surface area contributed by atoms with Crippen molar-refractivity contribution in [3.63, 3.8) is 0 Å². The molecule has 0 unspecified atom stereocenters. The van der Waals surface area contributed by atoms with Crippen LogP contribution < -0.4 is 0 Å². The summed E-state index contributed by atoms with van der Waals surface area (Å²) in [6.45, 7) is 4.97. The number of carbonyl (C=O) groups excluding carboxylic acids is 1. The third-order valence-corrected chi connectivity index (χ3v) is 3.11. The van der Waals surface area contributed by atoms with Crippen molar-refractivity contribution in [2.45, 2.75) is 32.6 Å². The Morgan fingerprint density at radius 1 is 1.31 bits per heavy atom. The van der Waals surface area contributed by atoms with Gasteiger partial charge in [-0.2, -0.15) is 0 Å². The molecule has 0 aliphatic carbocycles. The normalized spacial score (nSPS) is 20.2. The Labute approximate surface area is 96.6 Å². The first-order valence-corrected chi connectivity index (χ1v) is 5.89. The number of cyclic esters (lactones) is 1. The average Bonchev–Trinajstić information content (AvgIpc) is 2.65. The molecule has 1 saturated heterocycles. The van der Waals surface area contributed by atoms with E-state index in [1.54, 1.807) is 0 Å². The molecule has 0 bridgehead atoms. The number of carbonyl (C=O) groups is 1. The van der Waals surface area contributed by atoms with E-state index in [-0.39, 0.29) is 5.97 Å². The van der Waals surface area contributed by atoms with Crippen LogP contribution in [0, 0.1) is 5.92 Å². The smallest absolute Gasteiger partial charge is 0.306 e. The van der Waals surface area contributed by atoms with E-state index in [0.717, 1.165) is 6.42 Å².